The average molecular weight is 305 g/mol. The Bertz CT molecular complexity index is 487. The predicted octanol–water partition coefficient (Wildman–Crippen LogP) is 2.24. The van der Waals surface area contributed by atoms with Crippen molar-refractivity contribution in [1.29, 1.82) is 0 Å². The Kier molecular flexibility index (Phi) is 5.01. The van der Waals surface area contributed by atoms with Crippen LogP contribution in [0.25, 0.3) is 0 Å². The van der Waals surface area contributed by atoms with E-state index in [0.717, 1.165) is 57.9 Å². The molecule has 4 heteroatoms. The van der Waals surface area contributed by atoms with Crippen LogP contribution in [-0.2, 0) is 4.74 Å². The normalized spacial score (nSPS) is 27.2. The van der Waals surface area contributed by atoms with Crippen LogP contribution in [0.2, 0.25) is 0 Å². The second kappa shape index (κ2) is 6.99. The van der Waals surface area contributed by atoms with Gasteiger partial charge in [0, 0.05) is 32.8 Å². The Hall–Kier alpha value is -1.10. The maximum atomic E-state index is 10.7. The van der Waals surface area contributed by atoms with E-state index in [9.17, 15) is 5.11 Å². The van der Waals surface area contributed by atoms with Gasteiger partial charge in [-0.3, -0.25) is 4.90 Å². The molecule has 1 atom stereocenters. The van der Waals surface area contributed by atoms with E-state index >= 15 is 0 Å². The third-order valence-corrected chi connectivity index (χ3v) is 4.77. The Morgan fingerprint density at radius 1 is 1.36 bits per heavy atom. The summed E-state index contributed by atoms with van der Waals surface area (Å²) >= 11 is 0. The minimum Gasteiger partial charge on any atom is -0.491 e. The number of hydrogen-bond acceptors (Lipinski definition) is 4. The molecule has 0 amide bonds. The highest BCUT2D eigenvalue weighted by Crippen LogP contribution is 2.26. The second-order valence-electron chi connectivity index (χ2n) is 6.87. The molecule has 2 heterocycles. The summed E-state index contributed by atoms with van der Waals surface area (Å²) in [6, 6.07) is 8.00. The van der Waals surface area contributed by atoms with Gasteiger partial charge in [0.2, 0.25) is 0 Å². The number of ether oxygens (including phenoxy) is 2. The summed E-state index contributed by atoms with van der Waals surface area (Å²) in [5, 5.41) is 10.7. The molecule has 2 aliphatic heterocycles. The van der Waals surface area contributed by atoms with E-state index in [-0.39, 0.29) is 0 Å². The Balaban J connectivity index is 1.47. The Morgan fingerprint density at radius 2 is 2.18 bits per heavy atom. The third kappa shape index (κ3) is 4.22. The van der Waals surface area contributed by atoms with E-state index in [1.165, 1.54) is 5.56 Å². The quantitative estimate of drug-likeness (QED) is 0.906. The lowest BCUT2D eigenvalue weighted by molar-refractivity contribution is -0.0000115. The third-order valence-electron chi connectivity index (χ3n) is 4.77. The summed E-state index contributed by atoms with van der Waals surface area (Å²) in [6.07, 6.45) is 3.09. The lowest BCUT2D eigenvalue weighted by atomic mass is 10.00. The molecule has 0 saturated carbocycles. The standard InChI is InChI=1S/C18H27NO3/c1-15-3-2-4-17(11-15)22-14-18(20)7-8-19(13-18)12-16-5-9-21-10-6-16/h2-4,11,16,20H,5-10,12-14H2,1H3. The highest BCUT2D eigenvalue weighted by Gasteiger charge is 2.37. The van der Waals surface area contributed by atoms with E-state index in [4.69, 9.17) is 9.47 Å². The zero-order valence-electron chi connectivity index (χ0n) is 13.5. The van der Waals surface area contributed by atoms with Gasteiger partial charge in [0.25, 0.3) is 0 Å². The van der Waals surface area contributed by atoms with Gasteiger partial charge in [-0.05, 0) is 49.8 Å². The van der Waals surface area contributed by atoms with Crippen LogP contribution in [0.1, 0.15) is 24.8 Å². The molecule has 1 unspecified atom stereocenters. The fraction of sp³-hybridized carbons (Fsp3) is 0.667. The molecule has 22 heavy (non-hydrogen) atoms. The van der Waals surface area contributed by atoms with Crippen molar-refractivity contribution in [2.45, 2.75) is 31.8 Å². The number of nitrogens with zero attached hydrogens (tertiary/aromatic N) is 1. The van der Waals surface area contributed by atoms with Crippen molar-refractivity contribution in [2.75, 3.05) is 39.5 Å². The minimum absolute atomic E-state index is 0.376. The number of benzene rings is 1. The zero-order chi connectivity index (χ0) is 15.4. The van der Waals surface area contributed by atoms with Crippen LogP contribution in [0, 0.1) is 12.8 Å². The molecule has 2 aliphatic rings. The van der Waals surface area contributed by atoms with Crippen LogP contribution in [0.3, 0.4) is 0 Å². The van der Waals surface area contributed by atoms with E-state index in [0.29, 0.717) is 12.5 Å². The summed E-state index contributed by atoms with van der Waals surface area (Å²) < 4.78 is 11.2. The highest BCUT2D eigenvalue weighted by molar-refractivity contribution is 5.27. The number of aryl methyl sites for hydroxylation is 1. The zero-order valence-corrected chi connectivity index (χ0v) is 13.5. The SMILES string of the molecule is Cc1cccc(OCC2(O)CCN(CC3CCOCC3)C2)c1. The molecule has 0 bridgehead atoms. The van der Waals surface area contributed by atoms with Crippen molar-refractivity contribution in [3.8, 4) is 5.75 Å². The predicted molar refractivity (Wildman–Crippen MR) is 86.2 cm³/mol. The van der Waals surface area contributed by atoms with E-state index in [2.05, 4.69) is 4.90 Å². The largest absolute Gasteiger partial charge is 0.491 e. The fourth-order valence-corrected chi connectivity index (χ4v) is 3.43. The molecule has 1 aromatic carbocycles. The molecular formula is C18H27NO3. The van der Waals surface area contributed by atoms with Gasteiger partial charge in [-0.2, -0.15) is 0 Å². The van der Waals surface area contributed by atoms with Gasteiger partial charge in [-0.25, -0.2) is 0 Å². The lowest BCUT2D eigenvalue weighted by Crippen LogP contribution is -2.40. The van der Waals surface area contributed by atoms with Crippen LogP contribution in [-0.4, -0.2) is 55.1 Å². The monoisotopic (exact) mass is 305 g/mol. The van der Waals surface area contributed by atoms with Gasteiger partial charge < -0.3 is 14.6 Å². The first-order valence-electron chi connectivity index (χ1n) is 8.35. The summed E-state index contributed by atoms with van der Waals surface area (Å²) in [6.45, 7) is 6.96. The molecular weight excluding hydrogens is 278 g/mol. The molecule has 3 rings (SSSR count). The molecule has 1 aromatic rings. The first kappa shape index (κ1) is 15.8. The van der Waals surface area contributed by atoms with Gasteiger partial charge in [0.1, 0.15) is 18.0 Å². The number of hydrogen-bond donors (Lipinski definition) is 1. The van der Waals surface area contributed by atoms with Crippen molar-refractivity contribution in [1.82, 2.24) is 4.90 Å². The maximum Gasteiger partial charge on any atom is 0.119 e. The van der Waals surface area contributed by atoms with E-state index in [1.54, 1.807) is 0 Å². The van der Waals surface area contributed by atoms with Gasteiger partial charge in [-0.1, -0.05) is 12.1 Å². The van der Waals surface area contributed by atoms with Crippen LogP contribution in [0.5, 0.6) is 5.75 Å². The van der Waals surface area contributed by atoms with Crippen LogP contribution < -0.4 is 4.74 Å². The molecule has 2 saturated heterocycles. The summed E-state index contributed by atoms with van der Waals surface area (Å²) in [5.41, 5.74) is 0.464. The fourth-order valence-electron chi connectivity index (χ4n) is 3.43. The maximum absolute atomic E-state index is 10.7. The minimum atomic E-state index is -0.713. The Labute approximate surface area is 133 Å². The van der Waals surface area contributed by atoms with Gasteiger partial charge in [0.15, 0.2) is 0 Å². The van der Waals surface area contributed by atoms with Gasteiger partial charge >= 0.3 is 0 Å². The number of aliphatic hydroxyl groups is 1. The molecule has 0 aliphatic carbocycles. The molecule has 0 spiro atoms. The molecule has 2 fully saturated rings. The van der Waals surface area contributed by atoms with Crippen LogP contribution in [0.15, 0.2) is 24.3 Å². The van der Waals surface area contributed by atoms with E-state index in [1.807, 2.05) is 31.2 Å². The van der Waals surface area contributed by atoms with Crippen molar-refractivity contribution < 1.29 is 14.6 Å². The van der Waals surface area contributed by atoms with Gasteiger partial charge in [0.05, 0.1) is 0 Å². The lowest BCUT2D eigenvalue weighted by Gasteiger charge is -2.28. The topological polar surface area (TPSA) is 41.9 Å². The number of rotatable bonds is 5. The molecule has 0 aromatic heterocycles. The van der Waals surface area contributed by atoms with Crippen molar-refractivity contribution in [3.05, 3.63) is 29.8 Å². The summed E-state index contributed by atoms with van der Waals surface area (Å²) in [4.78, 5) is 2.38. The van der Waals surface area contributed by atoms with Crippen molar-refractivity contribution >= 4 is 0 Å². The van der Waals surface area contributed by atoms with Gasteiger partial charge in [-0.15, -0.1) is 0 Å². The van der Waals surface area contributed by atoms with Crippen LogP contribution in [0.4, 0.5) is 0 Å². The van der Waals surface area contributed by atoms with E-state index < -0.39 is 5.60 Å². The smallest absolute Gasteiger partial charge is 0.119 e. The Morgan fingerprint density at radius 3 is 2.95 bits per heavy atom. The average Bonchev–Trinajstić information content (AvgIpc) is 2.88. The number of likely N-dealkylation sites (tertiary alicyclic amines) is 1. The van der Waals surface area contributed by atoms with Crippen LogP contribution >= 0.6 is 0 Å². The molecule has 1 N–H and O–H groups in total. The summed E-state index contributed by atoms with van der Waals surface area (Å²) in [5.74, 6) is 1.56. The second-order valence-corrected chi connectivity index (χ2v) is 6.87. The van der Waals surface area contributed by atoms with Crippen molar-refractivity contribution in [2.24, 2.45) is 5.92 Å². The first-order valence-corrected chi connectivity index (χ1v) is 8.35. The summed E-state index contributed by atoms with van der Waals surface area (Å²) in [7, 11) is 0. The molecule has 4 nitrogen and oxygen atoms in total. The van der Waals surface area contributed by atoms with Crippen molar-refractivity contribution in [3.63, 3.8) is 0 Å². The molecule has 0 radical (unpaired) electrons. The first-order chi connectivity index (χ1) is 10.6. The highest BCUT2D eigenvalue weighted by atomic mass is 16.5. The number of β-amino-alcohol motifs (C(OH)–C–C–N with tert-alkyl or cyclic N) is 1. The molecule has 122 valence electrons.